The summed E-state index contributed by atoms with van der Waals surface area (Å²) in [5.41, 5.74) is 0. The van der Waals surface area contributed by atoms with Crippen molar-refractivity contribution in [3.05, 3.63) is 0 Å². The molecule has 0 aromatic carbocycles. The fraction of sp³-hybridized carbons (Fsp3) is 1.00. The van der Waals surface area contributed by atoms with Crippen LogP contribution in [0.1, 0.15) is 52.4 Å². The van der Waals surface area contributed by atoms with Crippen LogP contribution in [-0.2, 0) is 4.74 Å². The van der Waals surface area contributed by atoms with Crippen LogP contribution in [0.3, 0.4) is 0 Å². The van der Waals surface area contributed by atoms with Crippen molar-refractivity contribution in [2.24, 2.45) is 5.92 Å². The second-order valence-electron chi connectivity index (χ2n) is 6.38. The van der Waals surface area contributed by atoms with Gasteiger partial charge in [0.15, 0.2) is 0 Å². The number of ether oxygens (including phenoxy) is 1. The lowest BCUT2D eigenvalue weighted by Gasteiger charge is -2.38. The van der Waals surface area contributed by atoms with Crippen LogP contribution in [0.25, 0.3) is 0 Å². The van der Waals surface area contributed by atoms with Gasteiger partial charge in [-0.3, -0.25) is 4.90 Å². The van der Waals surface area contributed by atoms with Gasteiger partial charge in [-0.1, -0.05) is 26.2 Å². The molecule has 2 aliphatic rings. The molecule has 3 atom stereocenters. The monoisotopic (exact) mass is 268 g/mol. The third kappa shape index (κ3) is 4.73. The number of morpholine rings is 1. The van der Waals surface area contributed by atoms with Crippen LogP contribution in [0, 0.1) is 5.92 Å². The second-order valence-corrected chi connectivity index (χ2v) is 6.38. The van der Waals surface area contributed by atoms with Crippen LogP contribution in [0.15, 0.2) is 0 Å². The summed E-state index contributed by atoms with van der Waals surface area (Å²) in [6.07, 6.45) is 8.30. The molecule has 0 aromatic heterocycles. The van der Waals surface area contributed by atoms with E-state index in [1.165, 1.54) is 51.6 Å². The largest absolute Gasteiger partial charge is 0.379 e. The van der Waals surface area contributed by atoms with Gasteiger partial charge < -0.3 is 10.1 Å². The summed E-state index contributed by atoms with van der Waals surface area (Å²) in [6, 6.07) is 1.35. The Morgan fingerprint density at radius 1 is 1.21 bits per heavy atom. The first-order chi connectivity index (χ1) is 9.31. The van der Waals surface area contributed by atoms with Gasteiger partial charge in [-0.05, 0) is 38.6 Å². The van der Waals surface area contributed by atoms with E-state index in [1.54, 1.807) is 0 Å². The van der Waals surface area contributed by atoms with Crippen molar-refractivity contribution in [1.29, 1.82) is 0 Å². The second kappa shape index (κ2) is 8.23. The average molecular weight is 268 g/mol. The maximum atomic E-state index is 5.56. The Balaban J connectivity index is 1.88. The van der Waals surface area contributed by atoms with E-state index in [2.05, 4.69) is 24.1 Å². The predicted molar refractivity (Wildman–Crippen MR) is 80.5 cm³/mol. The lowest BCUT2D eigenvalue weighted by Crippen LogP contribution is -2.49. The zero-order valence-corrected chi connectivity index (χ0v) is 12.9. The van der Waals surface area contributed by atoms with Gasteiger partial charge in [-0.25, -0.2) is 0 Å². The molecule has 2 rings (SSSR count). The molecule has 0 aromatic rings. The summed E-state index contributed by atoms with van der Waals surface area (Å²) in [5.74, 6) is 0.842. The van der Waals surface area contributed by atoms with Gasteiger partial charge in [-0.15, -0.1) is 0 Å². The Kier molecular flexibility index (Phi) is 6.62. The molecule has 1 N–H and O–H groups in total. The summed E-state index contributed by atoms with van der Waals surface area (Å²) in [6.45, 7) is 9.99. The number of nitrogens with one attached hydrogen (secondary N) is 1. The minimum Gasteiger partial charge on any atom is -0.379 e. The summed E-state index contributed by atoms with van der Waals surface area (Å²) < 4.78 is 5.56. The first kappa shape index (κ1) is 15.3. The van der Waals surface area contributed by atoms with E-state index in [4.69, 9.17) is 4.74 Å². The number of hydrogen-bond acceptors (Lipinski definition) is 3. The Bertz CT molecular complexity index is 247. The van der Waals surface area contributed by atoms with Gasteiger partial charge in [0, 0.05) is 25.2 Å². The van der Waals surface area contributed by atoms with E-state index >= 15 is 0 Å². The van der Waals surface area contributed by atoms with Gasteiger partial charge >= 0.3 is 0 Å². The van der Waals surface area contributed by atoms with Gasteiger partial charge in [0.05, 0.1) is 13.2 Å². The summed E-state index contributed by atoms with van der Waals surface area (Å²) in [5, 5.41) is 3.81. The van der Waals surface area contributed by atoms with Crippen LogP contribution in [0.4, 0.5) is 0 Å². The molecule has 1 aliphatic heterocycles. The normalized spacial score (nSPS) is 34.1. The SMILES string of the molecule is CCCNC1CCCCCC1CN1CCOCC1C. The van der Waals surface area contributed by atoms with E-state index in [0.717, 1.165) is 31.7 Å². The van der Waals surface area contributed by atoms with Gasteiger partial charge in [-0.2, -0.15) is 0 Å². The number of hydrogen-bond donors (Lipinski definition) is 1. The fourth-order valence-corrected chi connectivity index (χ4v) is 3.54. The maximum Gasteiger partial charge on any atom is 0.0619 e. The highest BCUT2D eigenvalue weighted by atomic mass is 16.5. The Hall–Kier alpha value is -0.120. The van der Waals surface area contributed by atoms with Crippen molar-refractivity contribution >= 4 is 0 Å². The molecular weight excluding hydrogens is 236 g/mol. The molecule has 1 saturated carbocycles. The van der Waals surface area contributed by atoms with Crippen molar-refractivity contribution in [3.63, 3.8) is 0 Å². The molecule has 0 amide bonds. The number of nitrogens with zero attached hydrogens (tertiary/aromatic N) is 1. The van der Waals surface area contributed by atoms with Crippen LogP contribution >= 0.6 is 0 Å². The summed E-state index contributed by atoms with van der Waals surface area (Å²) in [4.78, 5) is 2.65. The standard InChI is InChI=1S/C16H32N2O/c1-3-9-17-16-8-6-4-5-7-15(16)12-18-10-11-19-13-14(18)2/h14-17H,3-13H2,1-2H3. The average Bonchev–Trinajstić information content (AvgIpc) is 2.64. The van der Waals surface area contributed by atoms with Crippen molar-refractivity contribution < 1.29 is 4.74 Å². The molecule has 1 heterocycles. The van der Waals surface area contributed by atoms with Crippen molar-refractivity contribution in [2.75, 3.05) is 32.8 Å². The zero-order chi connectivity index (χ0) is 13.5. The predicted octanol–water partition coefficient (Wildman–Crippen LogP) is 2.66. The van der Waals surface area contributed by atoms with Crippen LogP contribution in [-0.4, -0.2) is 49.8 Å². The first-order valence-corrected chi connectivity index (χ1v) is 8.36. The first-order valence-electron chi connectivity index (χ1n) is 8.36. The molecule has 0 radical (unpaired) electrons. The summed E-state index contributed by atoms with van der Waals surface area (Å²) in [7, 11) is 0. The number of rotatable bonds is 5. The van der Waals surface area contributed by atoms with Crippen molar-refractivity contribution in [1.82, 2.24) is 10.2 Å². The molecule has 1 aliphatic carbocycles. The van der Waals surface area contributed by atoms with Crippen molar-refractivity contribution in [3.8, 4) is 0 Å². The molecule has 0 spiro atoms. The molecule has 3 heteroatoms. The van der Waals surface area contributed by atoms with E-state index < -0.39 is 0 Å². The molecule has 2 fully saturated rings. The van der Waals surface area contributed by atoms with Gasteiger partial charge in [0.2, 0.25) is 0 Å². The van der Waals surface area contributed by atoms with Gasteiger partial charge in [0.25, 0.3) is 0 Å². The van der Waals surface area contributed by atoms with Crippen molar-refractivity contribution in [2.45, 2.75) is 64.5 Å². The molecular formula is C16H32N2O. The third-order valence-electron chi connectivity index (χ3n) is 4.79. The zero-order valence-electron chi connectivity index (χ0n) is 12.9. The molecule has 3 unspecified atom stereocenters. The van der Waals surface area contributed by atoms with Gasteiger partial charge in [0.1, 0.15) is 0 Å². The van der Waals surface area contributed by atoms with Crippen LogP contribution in [0.2, 0.25) is 0 Å². The highest BCUT2D eigenvalue weighted by molar-refractivity contribution is 4.84. The summed E-state index contributed by atoms with van der Waals surface area (Å²) >= 11 is 0. The lowest BCUT2D eigenvalue weighted by atomic mass is 9.93. The Labute approximate surface area is 119 Å². The lowest BCUT2D eigenvalue weighted by molar-refractivity contribution is -0.0103. The smallest absolute Gasteiger partial charge is 0.0619 e. The van der Waals surface area contributed by atoms with E-state index in [-0.39, 0.29) is 0 Å². The minimum absolute atomic E-state index is 0.601. The quantitative estimate of drug-likeness (QED) is 0.776. The van der Waals surface area contributed by atoms with E-state index in [1.807, 2.05) is 0 Å². The minimum atomic E-state index is 0.601. The Morgan fingerprint density at radius 3 is 2.84 bits per heavy atom. The highest BCUT2D eigenvalue weighted by Crippen LogP contribution is 2.25. The maximum absolute atomic E-state index is 5.56. The topological polar surface area (TPSA) is 24.5 Å². The Morgan fingerprint density at radius 2 is 2.05 bits per heavy atom. The molecule has 0 bridgehead atoms. The molecule has 3 nitrogen and oxygen atoms in total. The fourth-order valence-electron chi connectivity index (χ4n) is 3.54. The third-order valence-corrected chi connectivity index (χ3v) is 4.79. The van der Waals surface area contributed by atoms with Crippen LogP contribution in [0.5, 0.6) is 0 Å². The highest BCUT2D eigenvalue weighted by Gasteiger charge is 2.28. The molecule has 112 valence electrons. The van der Waals surface area contributed by atoms with Crippen LogP contribution < -0.4 is 5.32 Å². The molecule has 19 heavy (non-hydrogen) atoms. The van der Waals surface area contributed by atoms with E-state index in [9.17, 15) is 0 Å². The molecule has 1 saturated heterocycles. The van der Waals surface area contributed by atoms with E-state index in [0.29, 0.717) is 6.04 Å².